The average molecular weight is 400 g/mol. The molecule has 1 aliphatic rings. The molecule has 5 rings (SSSR count). The molecule has 0 spiro atoms. The summed E-state index contributed by atoms with van der Waals surface area (Å²) < 4.78 is 1.49. The lowest BCUT2D eigenvalue weighted by atomic mass is 10.1. The first-order valence-electron chi connectivity index (χ1n) is 10.4. The minimum absolute atomic E-state index is 0.0612. The summed E-state index contributed by atoms with van der Waals surface area (Å²) in [6.45, 7) is 5.49. The third-order valence-electron chi connectivity index (χ3n) is 5.80. The normalized spacial score (nSPS) is 15.1. The number of nitrogens with zero attached hydrogens (tertiary/aromatic N) is 6. The lowest BCUT2D eigenvalue weighted by Gasteiger charge is -2.36. The standard InChI is InChI=1S/C23H24N6O/c30-23-19-8-1-2-9-20(19)25-26-29(23)13-5-12-27-14-16-28(17-15-27)21-10-3-6-18-7-4-11-24-22(18)21/h1-4,6-11H,5,12-17H2. The highest BCUT2D eigenvalue weighted by atomic mass is 16.1. The second-order valence-corrected chi connectivity index (χ2v) is 7.67. The molecule has 0 N–H and O–H groups in total. The Morgan fingerprint density at radius 3 is 2.60 bits per heavy atom. The maximum atomic E-state index is 12.6. The van der Waals surface area contributed by atoms with Crippen molar-refractivity contribution in [3.63, 3.8) is 0 Å². The van der Waals surface area contributed by atoms with Crippen LogP contribution in [-0.2, 0) is 6.54 Å². The number of hydrogen-bond donors (Lipinski definition) is 0. The van der Waals surface area contributed by atoms with Crippen LogP contribution in [0.15, 0.2) is 65.6 Å². The molecule has 30 heavy (non-hydrogen) atoms. The van der Waals surface area contributed by atoms with E-state index in [-0.39, 0.29) is 5.56 Å². The molecule has 0 bridgehead atoms. The highest BCUT2D eigenvalue weighted by Crippen LogP contribution is 2.25. The first-order chi connectivity index (χ1) is 14.8. The molecule has 1 saturated heterocycles. The van der Waals surface area contributed by atoms with Gasteiger partial charge in [0, 0.05) is 50.9 Å². The van der Waals surface area contributed by atoms with Crippen LogP contribution in [0.3, 0.4) is 0 Å². The predicted octanol–water partition coefficient (Wildman–Crippen LogP) is 2.55. The highest BCUT2D eigenvalue weighted by Gasteiger charge is 2.19. The zero-order chi connectivity index (χ0) is 20.3. The van der Waals surface area contributed by atoms with Crippen LogP contribution in [0.4, 0.5) is 5.69 Å². The quantitative estimate of drug-likeness (QED) is 0.513. The summed E-state index contributed by atoms with van der Waals surface area (Å²) in [5.41, 5.74) is 2.88. The molecule has 0 amide bonds. The van der Waals surface area contributed by atoms with E-state index >= 15 is 0 Å². The number of para-hydroxylation sites is 1. The Morgan fingerprint density at radius 2 is 1.70 bits per heavy atom. The van der Waals surface area contributed by atoms with Crippen LogP contribution in [0.5, 0.6) is 0 Å². The van der Waals surface area contributed by atoms with Crippen LogP contribution < -0.4 is 10.5 Å². The number of hydrogen-bond acceptors (Lipinski definition) is 6. The topological polar surface area (TPSA) is 67.2 Å². The number of anilines is 1. The van der Waals surface area contributed by atoms with Gasteiger partial charge in [-0.25, -0.2) is 4.68 Å². The minimum atomic E-state index is -0.0612. The minimum Gasteiger partial charge on any atom is -0.367 e. The van der Waals surface area contributed by atoms with E-state index in [1.54, 1.807) is 0 Å². The number of aryl methyl sites for hydroxylation is 1. The van der Waals surface area contributed by atoms with Gasteiger partial charge in [-0.1, -0.05) is 35.5 Å². The van der Waals surface area contributed by atoms with Crippen molar-refractivity contribution in [2.75, 3.05) is 37.6 Å². The molecule has 1 fully saturated rings. The second-order valence-electron chi connectivity index (χ2n) is 7.67. The van der Waals surface area contributed by atoms with Gasteiger partial charge >= 0.3 is 0 Å². The Hall–Kier alpha value is -3.32. The zero-order valence-corrected chi connectivity index (χ0v) is 16.8. The summed E-state index contributed by atoms with van der Waals surface area (Å²) in [5.74, 6) is 0. The molecule has 0 aliphatic carbocycles. The SMILES string of the molecule is O=c1c2ccccc2nnn1CCCN1CCN(c2cccc3cccnc23)CC1. The third kappa shape index (κ3) is 3.64. The summed E-state index contributed by atoms with van der Waals surface area (Å²) >= 11 is 0. The van der Waals surface area contributed by atoms with Crippen molar-refractivity contribution in [2.45, 2.75) is 13.0 Å². The van der Waals surface area contributed by atoms with Crippen molar-refractivity contribution < 1.29 is 0 Å². The lowest BCUT2D eigenvalue weighted by Crippen LogP contribution is -2.47. The molecule has 1 aliphatic heterocycles. The van der Waals surface area contributed by atoms with E-state index in [2.05, 4.69) is 49.4 Å². The molecule has 0 radical (unpaired) electrons. The molecule has 0 saturated carbocycles. The number of fused-ring (bicyclic) bond motifs is 2. The predicted molar refractivity (Wildman–Crippen MR) is 119 cm³/mol. The van der Waals surface area contributed by atoms with Crippen LogP contribution in [-0.4, -0.2) is 57.6 Å². The van der Waals surface area contributed by atoms with Gasteiger partial charge in [0.2, 0.25) is 0 Å². The Balaban J connectivity index is 1.18. The van der Waals surface area contributed by atoms with Crippen LogP contribution in [0.25, 0.3) is 21.8 Å². The van der Waals surface area contributed by atoms with Crippen LogP contribution in [0, 0.1) is 0 Å². The first kappa shape index (κ1) is 18.7. The number of benzene rings is 2. The Morgan fingerprint density at radius 1 is 0.867 bits per heavy atom. The van der Waals surface area contributed by atoms with Gasteiger partial charge in [-0.3, -0.25) is 14.7 Å². The zero-order valence-electron chi connectivity index (χ0n) is 16.8. The van der Waals surface area contributed by atoms with Gasteiger partial charge in [0.25, 0.3) is 5.56 Å². The van der Waals surface area contributed by atoms with E-state index in [1.165, 1.54) is 15.8 Å². The molecule has 0 unspecified atom stereocenters. The van der Waals surface area contributed by atoms with Crippen molar-refractivity contribution in [3.8, 4) is 0 Å². The third-order valence-corrected chi connectivity index (χ3v) is 5.80. The van der Waals surface area contributed by atoms with Crippen molar-refractivity contribution in [2.24, 2.45) is 0 Å². The summed E-state index contributed by atoms with van der Waals surface area (Å²) in [5, 5.41) is 10.1. The van der Waals surface area contributed by atoms with E-state index in [0.29, 0.717) is 17.4 Å². The number of piperazine rings is 1. The Labute approximate surface area is 174 Å². The summed E-state index contributed by atoms with van der Waals surface area (Å²) in [7, 11) is 0. The molecular formula is C23H24N6O. The molecule has 152 valence electrons. The Bertz CT molecular complexity index is 1220. The highest BCUT2D eigenvalue weighted by molar-refractivity contribution is 5.90. The Kier molecular flexibility index (Phi) is 5.11. The average Bonchev–Trinajstić information content (AvgIpc) is 2.81. The van der Waals surface area contributed by atoms with Gasteiger partial charge < -0.3 is 4.90 Å². The summed E-state index contributed by atoms with van der Waals surface area (Å²) in [6, 6.07) is 17.8. The molecule has 2 aromatic heterocycles. The monoisotopic (exact) mass is 400 g/mol. The van der Waals surface area contributed by atoms with Gasteiger partial charge in [0.05, 0.1) is 16.6 Å². The molecule has 7 heteroatoms. The van der Waals surface area contributed by atoms with E-state index in [4.69, 9.17) is 0 Å². The van der Waals surface area contributed by atoms with Crippen LogP contribution >= 0.6 is 0 Å². The number of rotatable bonds is 5. The summed E-state index contributed by atoms with van der Waals surface area (Å²) in [6.07, 6.45) is 2.74. The number of aromatic nitrogens is 4. The smallest absolute Gasteiger partial charge is 0.277 e. The molecule has 7 nitrogen and oxygen atoms in total. The van der Waals surface area contributed by atoms with Crippen LogP contribution in [0.1, 0.15) is 6.42 Å². The van der Waals surface area contributed by atoms with Gasteiger partial charge in [0.15, 0.2) is 0 Å². The van der Waals surface area contributed by atoms with Crippen molar-refractivity contribution in [1.29, 1.82) is 0 Å². The van der Waals surface area contributed by atoms with Crippen molar-refractivity contribution in [1.82, 2.24) is 24.9 Å². The molecule has 2 aromatic carbocycles. The fourth-order valence-electron chi connectivity index (χ4n) is 4.17. The van der Waals surface area contributed by atoms with Gasteiger partial charge in [-0.05, 0) is 30.7 Å². The van der Waals surface area contributed by atoms with Crippen LogP contribution in [0.2, 0.25) is 0 Å². The fraction of sp³-hybridized carbons (Fsp3) is 0.304. The maximum absolute atomic E-state index is 12.6. The molecular weight excluding hydrogens is 376 g/mol. The maximum Gasteiger partial charge on any atom is 0.277 e. The fourth-order valence-corrected chi connectivity index (χ4v) is 4.17. The number of pyridine rings is 1. The van der Waals surface area contributed by atoms with E-state index in [1.807, 2.05) is 36.5 Å². The second kappa shape index (κ2) is 8.20. The van der Waals surface area contributed by atoms with E-state index < -0.39 is 0 Å². The van der Waals surface area contributed by atoms with E-state index in [9.17, 15) is 4.79 Å². The van der Waals surface area contributed by atoms with Gasteiger partial charge in [-0.15, -0.1) is 5.10 Å². The lowest BCUT2D eigenvalue weighted by molar-refractivity contribution is 0.248. The van der Waals surface area contributed by atoms with Crippen molar-refractivity contribution in [3.05, 3.63) is 71.1 Å². The van der Waals surface area contributed by atoms with Gasteiger partial charge in [-0.2, -0.15) is 0 Å². The van der Waals surface area contributed by atoms with Crippen molar-refractivity contribution >= 4 is 27.5 Å². The molecule has 0 atom stereocenters. The molecule has 4 aromatic rings. The largest absolute Gasteiger partial charge is 0.367 e. The van der Waals surface area contributed by atoms with E-state index in [0.717, 1.165) is 44.7 Å². The molecule has 3 heterocycles. The summed E-state index contributed by atoms with van der Waals surface area (Å²) in [4.78, 5) is 22.0. The van der Waals surface area contributed by atoms with Gasteiger partial charge in [0.1, 0.15) is 5.52 Å². The first-order valence-corrected chi connectivity index (χ1v) is 10.4.